The van der Waals surface area contributed by atoms with Crippen LogP contribution in [0.3, 0.4) is 0 Å². The van der Waals surface area contributed by atoms with Gasteiger partial charge < -0.3 is 37.9 Å². The van der Waals surface area contributed by atoms with Crippen molar-refractivity contribution in [1.82, 2.24) is 9.80 Å². The van der Waals surface area contributed by atoms with E-state index in [1.54, 1.807) is 123 Å². The van der Waals surface area contributed by atoms with E-state index in [-0.39, 0.29) is 46.3 Å². The minimum atomic E-state index is -1.30. The summed E-state index contributed by atoms with van der Waals surface area (Å²) in [4.78, 5) is 101. The zero-order valence-electron chi connectivity index (χ0n) is 39.0. The zero-order valence-corrected chi connectivity index (χ0v) is 39.0. The second-order valence-corrected chi connectivity index (χ2v) is 17.1. The molecule has 0 spiro atoms. The van der Waals surface area contributed by atoms with Crippen LogP contribution in [0, 0.1) is 0 Å². The highest BCUT2D eigenvalue weighted by Gasteiger charge is 2.42. The van der Waals surface area contributed by atoms with Crippen LogP contribution in [0.2, 0.25) is 0 Å². The van der Waals surface area contributed by atoms with Crippen molar-refractivity contribution >= 4 is 48.3 Å². The normalized spacial score (nSPS) is 13.0. The number of esters is 4. The summed E-state index contributed by atoms with van der Waals surface area (Å²) >= 11 is 0. The van der Waals surface area contributed by atoms with Crippen molar-refractivity contribution < 1.29 is 76.3 Å². The van der Waals surface area contributed by atoms with Crippen molar-refractivity contribution in [3.05, 3.63) is 23.3 Å². The number of imide groups is 2. The fraction of sp³-hybridized carbons (Fsp3) is 0.721. The van der Waals surface area contributed by atoms with Gasteiger partial charge in [-0.15, -0.1) is 0 Å². The minimum Gasteiger partial charge on any atom is -0.467 e. The lowest BCUT2D eigenvalue weighted by molar-refractivity contribution is -0.147. The van der Waals surface area contributed by atoms with E-state index in [4.69, 9.17) is 37.9 Å². The van der Waals surface area contributed by atoms with Crippen molar-refractivity contribution in [2.45, 2.75) is 178 Å². The summed E-state index contributed by atoms with van der Waals surface area (Å²) in [7, 11) is 2.30. The van der Waals surface area contributed by atoms with E-state index < -0.39 is 82.7 Å². The second-order valence-electron chi connectivity index (χ2n) is 17.1. The Bertz CT molecular complexity index is 1370. The molecule has 0 aromatic rings. The van der Waals surface area contributed by atoms with Crippen molar-refractivity contribution in [2.24, 2.45) is 0 Å². The van der Waals surface area contributed by atoms with E-state index in [0.717, 1.165) is 14.2 Å². The van der Waals surface area contributed by atoms with Crippen molar-refractivity contribution in [3.8, 4) is 0 Å². The summed E-state index contributed by atoms with van der Waals surface area (Å²) < 4.78 is 40.6. The van der Waals surface area contributed by atoms with Gasteiger partial charge >= 0.3 is 48.3 Å². The van der Waals surface area contributed by atoms with E-state index in [1.807, 2.05) is 0 Å². The summed E-state index contributed by atoms with van der Waals surface area (Å²) in [5.74, 6) is -2.59. The molecule has 0 aliphatic rings. The summed E-state index contributed by atoms with van der Waals surface area (Å²) in [5.41, 5.74) is -2.92. The van der Waals surface area contributed by atoms with Gasteiger partial charge in [0.1, 0.15) is 34.5 Å². The lowest BCUT2D eigenvalue weighted by Gasteiger charge is -2.32. The van der Waals surface area contributed by atoms with Gasteiger partial charge in [-0.3, -0.25) is 0 Å². The Hall–Kier alpha value is -5.16. The zero-order chi connectivity index (χ0) is 47.4. The van der Waals surface area contributed by atoms with E-state index in [0.29, 0.717) is 20.9 Å². The monoisotopic (exact) mass is 875 g/mol. The molecule has 0 rings (SSSR count). The summed E-state index contributed by atoms with van der Waals surface area (Å²) in [5, 5.41) is 0. The summed E-state index contributed by atoms with van der Waals surface area (Å²) in [6, 6.07) is -2.60. The number of rotatable bonds is 14. The Labute approximate surface area is 362 Å². The van der Waals surface area contributed by atoms with Crippen molar-refractivity contribution in [1.29, 1.82) is 0 Å². The molecular formula is C43H74N2O16. The average Bonchev–Trinajstić information content (AvgIpc) is 3.07. The molecule has 0 radical (unpaired) electrons. The van der Waals surface area contributed by atoms with Crippen LogP contribution in [0.4, 0.5) is 19.2 Å². The molecule has 2 atom stereocenters. The predicted octanol–water partition coefficient (Wildman–Crippen LogP) is 8.62. The lowest BCUT2D eigenvalue weighted by Crippen LogP contribution is -2.52. The van der Waals surface area contributed by atoms with Gasteiger partial charge in [-0.25, -0.2) is 38.4 Å². The molecule has 0 heterocycles. The molecule has 18 heteroatoms. The lowest BCUT2D eigenvalue weighted by atomic mass is 10.1. The van der Waals surface area contributed by atoms with Crippen LogP contribution in [-0.2, 0) is 57.1 Å². The first-order valence-electron chi connectivity index (χ1n) is 19.6. The molecule has 4 amide bonds. The fourth-order valence-electron chi connectivity index (χ4n) is 4.45. The molecule has 0 bridgehead atoms. The highest BCUT2D eigenvalue weighted by atomic mass is 16.6. The third kappa shape index (κ3) is 25.9. The van der Waals surface area contributed by atoms with Gasteiger partial charge in [0.15, 0.2) is 0 Å². The Balaban J connectivity index is -0.00000109. The molecule has 0 N–H and O–H groups in total. The quantitative estimate of drug-likeness (QED) is 0.0906. The molecule has 0 aliphatic heterocycles. The van der Waals surface area contributed by atoms with Crippen LogP contribution >= 0.6 is 0 Å². The number of carbonyl (C=O) groups excluding carboxylic acids is 8. The van der Waals surface area contributed by atoms with Crippen LogP contribution < -0.4 is 0 Å². The summed E-state index contributed by atoms with van der Waals surface area (Å²) in [6.45, 7) is 26.6. The first-order valence-corrected chi connectivity index (χ1v) is 19.6. The molecule has 352 valence electrons. The Kier molecular flexibility index (Phi) is 26.5. The SMILES string of the molecule is C.CCOC(=O)/C(C)=C/CC[C@@H](C(=O)OC)N(C(=O)OC(C)(C)C)C(=O)OC(C)(C)C.CCOC(=O)/C(C)=C\CC[C@@H](C(=O)OC)N(C(=O)OC(C)(C)C)C(=O)OC(C)(C)C. The van der Waals surface area contributed by atoms with Gasteiger partial charge in [-0.2, -0.15) is 9.80 Å². The number of methoxy groups -OCH3 is 2. The first-order chi connectivity index (χ1) is 27.2. The third-order valence-electron chi connectivity index (χ3n) is 6.91. The predicted molar refractivity (Wildman–Crippen MR) is 226 cm³/mol. The maximum absolute atomic E-state index is 12.7. The number of amides is 4. The maximum Gasteiger partial charge on any atom is 0.420 e. The smallest absolute Gasteiger partial charge is 0.420 e. The van der Waals surface area contributed by atoms with Crippen LogP contribution in [0.15, 0.2) is 23.3 Å². The highest BCUT2D eigenvalue weighted by Crippen LogP contribution is 2.22. The maximum atomic E-state index is 12.7. The van der Waals surface area contributed by atoms with Crippen molar-refractivity contribution in [3.63, 3.8) is 0 Å². The molecule has 61 heavy (non-hydrogen) atoms. The molecular weight excluding hydrogens is 800 g/mol. The number of allylic oxidation sites excluding steroid dienone is 2. The average molecular weight is 875 g/mol. The van der Waals surface area contributed by atoms with Gasteiger partial charge in [0.25, 0.3) is 0 Å². The molecule has 0 fully saturated rings. The highest BCUT2D eigenvalue weighted by molar-refractivity contribution is 5.95. The Morgan fingerprint density at radius 1 is 0.475 bits per heavy atom. The number of nitrogens with zero attached hydrogens (tertiary/aromatic N) is 2. The van der Waals surface area contributed by atoms with E-state index in [1.165, 1.54) is 0 Å². The topological polar surface area (TPSA) is 217 Å². The van der Waals surface area contributed by atoms with E-state index >= 15 is 0 Å². The van der Waals surface area contributed by atoms with Crippen LogP contribution in [0.1, 0.15) is 144 Å². The van der Waals surface area contributed by atoms with Crippen LogP contribution in [0.5, 0.6) is 0 Å². The molecule has 0 saturated heterocycles. The molecule has 0 aromatic heterocycles. The first kappa shape index (κ1) is 60.1. The van der Waals surface area contributed by atoms with Gasteiger partial charge in [0.05, 0.1) is 27.4 Å². The third-order valence-corrected chi connectivity index (χ3v) is 6.91. The van der Waals surface area contributed by atoms with Crippen LogP contribution in [0.25, 0.3) is 0 Å². The van der Waals surface area contributed by atoms with Gasteiger partial charge in [0, 0.05) is 11.1 Å². The van der Waals surface area contributed by atoms with Crippen LogP contribution in [-0.4, -0.2) is 120 Å². The standard InChI is InChI=1S/2C21H35NO8.CH4/c2*1-10-28-16(23)14(2)12-11-13-15(17(24)27-9)22(18(25)29-20(3,4)5)19(26)30-21(6,7)8;/h2*12,15H,10-11,13H2,1-9H3;1H4/b14-12+;14-12-;/t2*15-;/m00./s1. The fourth-order valence-corrected chi connectivity index (χ4v) is 4.45. The number of hydrogen-bond acceptors (Lipinski definition) is 16. The Morgan fingerprint density at radius 2 is 0.705 bits per heavy atom. The molecule has 18 nitrogen and oxygen atoms in total. The van der Waals surface area contributed by atoms with E-state index in [9.17, 15) is 38.4 Å². The van der Waals surface area contributed by atoms with Gasteiger partial charge in [-0.1, -0.05) is 19.6 Å². The van der Waals surface area contributed by atoms with Crippen molar-refractivity contribution in [2.75, 3.05) is 27.4 Å². The molecule has 0 aliphatic carbocycles. The van der Waals surface area contributed by atoms with Gasteiger partial charge in [0.2, 0.25) is 0 Å². The molecule has 0 unspecified atom stereocenters. The largest absolute Gasteiger partial charge is 0.467 e. The number of carbonyl (C=O) groups is 8. The molecule has 0 saturated carbocycles. The van der Waals surface area contributed by atoms with Gasteiger partial charge in [-0.05, 0) is 136 Å². The van der Waals surface area contributed by atoms with E-state index in [2.05, 4.69) is 0 Å². The number of hydrogen-bond donors (Lipinski definition) is 0. The summed E-state index contributed by atoms with van der Waals surface area (Å²) in [6.07, 6.45) is -0.580. The second kappa shape index (κ2) is 26.9. The Morgan fingerprint density at radius 3 is 0.885 bits per heavy atom. The minimum absolute atomic E-state index is 0. The molecule has 0 aromatic carbocycles. The number of ether oxygens (including phenoxy) is 8.